The number of aryl methyl sites for hydroxylation is 2. The molecule has 3 heterocycles. The molecular weight excluding hydrogens is 308 g/mol. The lowest BCUT2D eigenvalue weighted by molar-refractivity contribution is 0.160. The molecule has 1 aliphatic rings. The van der Waals surface area contributed by atoms with Crippen molar-refractivity contribution < 1.29 is 4.74 Å². The molecule has 2 aromatic rings. The molecule has 124 valence electrons. The lowest BCUT2D eigenvalue weighted by Crippen LogP contribution is -2.31. The second-order valence-electron chi connectivity index (χ2n) is 6.61. The number of hydrogen-bond donors (Lipinski definition) is 0. The van der Waals surface area contributed by atoms with E-state index in [4.69, 9.17) is 9.72 Å². The van der Waals surface area contributed by atoms with Crippen molar-refractivity contribution in [3.63, 3.8) is 0 Å². The summed E-state index contributed by atoms with van der Waals surface area (Å²) in [5, 5.41) is 3.37. The highest BCUT2D eigenvalue weighted by atomic mass is 32.1. The second kappa shape index (κ2) is 6.53. The van der Waals surface area contributed by atoms with Gasteiger partial charge >= 0.3 is 0 Å². The van der Waals surface area contributed by atoms with E-state index in [2.05, 4.69) is 41.1 Å². The van der Waals surface area contributed by atoms with Crippen molar-refractivity contribution in [1.82, 2.24) is 19.9 Å². The van der Waals surface area contributed by atoms with Crippen molar-refractivity contribution >= 4 is 11.3 Å². The Bertz CT molecular complexity index is 698. The molecule has 0 bridgehead atoms. The number of thiazole rings is 1. The van der Waals surface area contributed by atoms with Gasteiger partial charge in [-0.1, -0.05) is 13.8 Å². The summed E-state index contributed by atoms with van der Waals surface area (Å²) in [5.41, 5.74) is 3.34. The molecule has 0 spiro atoms. The number of ether oxygens (including phenoxy) is 1. The van der Waals surface area contributed by atoms with Gasteiger partial charge in [0.2, 0.25) is 5.88 Å². The Hall–Kier alpha value is -1.53. The van der Waals surface area contributed by atoms with Gasteiger partial charge in [-0.25, -0.2) is 9.97 Å². The second-order valence-corrected chi connectivity index (χ2v) is 7.50. The first kappa shape index (κ1) is 16.3. The molecule has 23 heavy (non-hydrogen) atoms. The largest absolute Gasteiger partial charge is 0.472 e. The Morgan fingerprint density at radius 3 is 2.78 bits per heavy atom. The van der Waals surface area contributed by atoms with Crippen molar-refractivity contribution in [3.8, 4) is 5.88 Å². The van der Waals surface area contributed by atoms with E-state index in [0.717, 1.165) is 48.2 Å². The van der Waals surface area contributed by atoms with Crippen LogP contribution in [0.25, 0.3) is 0 Å². The van der Waals surface area contributed by atoms with Crippen LogP contribution in [0.1, 0.15) is 47.5 Å². The van der Waals surface area contributed by atoms with Crippen LogP contribution in [0, 0.1) is 13.8 Å². The molecule has 0 amide bonds. The highest BCUT2D eigenvalue weighted by molar-refractivity contribution is 7.09. The van der Waals surface area contributed by atoms with Crippen LogP contribution >= 0.6 is 11.3 Å². The summed E-state index contributed by atoms with van der Waals surface area (Å²) in [5.74, 6) is 2.04. The summed E-state index contributed by atoms with van der Waals surface area (Å²) in [6.07, 6.45) is 1.04. The Labute approximate surface area is 141 Å². The van der Waals surface area contributed by atoms with Crippen molar-refractivity contribution in [1.29, 1.82) is 0 Å². The Morgan fingerprint density at radius 1 is 1.30 bits per heavy atom. The highest BCUT2D eigenvalue weighted by Gasteiger charge is 2.27. The van der Waals surface area contributed by atoms with Gasteiger partial charge < -0.3 is 4.74 Å². The summed E-state index contributed by atoms with van der Waals surface area (Å²) in [6, 6.07) is 0. The first-order chi connectivity index (χ1) is 10.9. The van der Waals surface area contributed by atoms with Gasteiger partial charge in [-0.15, -0.1) is 11.3 Å². The zero-order valence-electron chi connectivity index (χ0n) is 14.5. The fourth-order valence-corrected chi connectivity index (χ4v) is 3.74. The van der Waals surface area contributed by atoms with Crippen LogP contribution in [0.3, 0.4) is 0 Å². The molecule has 1 unspecified atom stereocenters. The van der Waals surface area contributed by atoms with Crippen LogP contribution in [0.2, 0.25) is 0 Å². The number of rotatable bonds is 5. The van der Waals surface area contributed by atoms with Gasteiger partial charge in [-0.3, -0.25) is 4.90 Å². The summed E-state index contributed by atoms with van der Waals surface area (Å²) >= 11 is 1.75. The highest BCUT2D eigenvalue weighted by Crippen LogP contribution is 2.29. The van der Waals surface area contributed by atoms with E-state index < -0.39 is 0 Å². The van der Waals surface area contributed by atoms with Gasteiger partial charge in [0.05, 0.1) is 10.7 Å². The van der Waals surface area contributed by atoms with Gasteiger partial charge in [-0.05, 0) is 20.9 Å². The first-order valence-corrected chi connectivity index (χ1v) is 8.94. The van der Waals surface area contributed by atoms with Gasteiger partial charge in [0.25, 0.3) is 0 Å². The summed E-state index contributed by atoms with van der Waals surface area (Å²) in [4.78, 5) is 15.8. The molecule has 0 saturated heterocycles. The predicted molar refractivity (Wildman–Crippen MR) is 92.2 cm³/mol. The van der Waals surface area contributed by atoms with Crippen LogP contribution in [-0.2, 0) is 13.0 Å². The maximum Gasteiger partial charge on any atom is 0.220 e. The zero-order valence-corrected chi connectivity index (χ0v) is 15.3. The lowest BCUT2D eigenvalue weighted by atomic mass is 10.1. The van der Waals surface area contributed by atoms with Crippen molar-refractivity contribution in [2.45, 2.75) is 52.7 Å². The quantitative estimate of drug-likeness (QED) is 0.842. The van der Waals surface area contributed by atoms with Gasteiger partial charge in [0.1, 0.15) is 11.9 Å². The minimum absolute atomic E-state index is 0.146. The van der Waals surface area contributed by atoms with Crippen molar-refractivity contribution in [2.75, 3.05) is 13.6 Å². The molecule has 0 aromatic carbocycles. The number of aromatic nitrogens is 3. The third-order valence-electron chi connectivity index (χ3n) is 4.01. The molecular formula is C17H24N4OS. The molecule has 1 atom stereocenters. The van der Waals surface area contributed by atoms with Crippen molar-refractivity contribution in [3.05, 3.63) is 33.2 Å². The van der Waals surface area contributed by atoms with E-state index in [1.54, 1.807) is 11.3 Å². The molecule has 1 aliphatic heterocycles. The van der Waals surface area contributed by atoms with E-state index in [1.165, 1.54) is 5.01 Å². The Kier molecular flexibility index (Phi) is 4.64. The standard InChI is InChI=1S/C17H24N4OS/c1-10(2)17-20-13(9-23-17)7-21(5)8-14-6-15-11(3)18-12(4)19-16(15)22-14/h9-10,14H,6-8H2,1-5H3. The molecule has 0 N–H and O–H groups in total. The Balaban J connectivity index is 1.59. The smallest absolute Gasteiger partial charge is 0.220 e. The molecule has 5 nitrogen and oxygen atoms in total. The van der Waals surface area contributed by atoms with Crippen LogP contribution < -0.4 is 4.74 Å². The molecule has 6 heteroatoms. The number of hydrogen-bond acceptors (Lipinski definition) is 6. The molecule has 0 saturated carbocycles. The molecule has 3 rings (SSSR count). The summed E-state index contributed by atoms with van der Waals surface area (Å²) < 4.78 is 6.01. The summed E-state index contributed by atoms with van der Waals surface area (Å²) in [6.45, 7) is 10.0. The lowest BCUT2D eigenvalue weighted by Gasteiger charge is -2.19. The van der Waals surface area contributed by atoms with E-state index >= 15 is 0 Å². The summed E-state index contributed by atoms with van der Waals surface area (Å²) in [7, 11) is 2.12. The minimum Gasteiger partial charge on any atom is -0.472 e. The van der Waals surface area contributed by atoms with Crippen LogP contribution in [0.15, 0.2) is 5.38 Å². The van der Waals surface area contributed by atoms with Crippen LogP contribution in [0.5, 0.6) is 5.88 Å². The molecule has 0 radical (unpaired) electrons. The number of nitrogens with zero attached hydrogens (tertiary/aromatic N) is 4. The molecule has 0 aliphatic carbocycles. The van der Waals surface area contributed by atoms with Crippen LogP contribution in [0.4, 0.5) is 0 Å². The third-order valence-corrected chi connectivity index (χ3v) is 5.20. The van der Waals surface area contributed by atoms with Gasteiger partial charge in [0.15, 0.2) is 0 Å². The predicted octanol–water partition coefficient (Wildman–Crippen LogP) is 3.11. The minimum atomic E-state index is 0.146. The Morgan fingerprint density at radius 2 is 2.09 bits per heavy atom. The van der Waals surface area contributed by atoms with Gasteiger partial charge in [0, 0.05) is 42.1 Å². The number of fused-ring (bicyclic) bond motifs is 1. The van der Waals surface area contributed by atoms with E-state index in [9.17, 15) is 0 Å². The fourth-order valence-electron chi connectivity index (χ4n) is 2.92. The normalized spacial score (nSPS) is 16.9. The first-order valence-electron chi connectivity index (χ1n) is 8.06. The van der Waals surface area contributed by atoms with E-state index in [-0.39, 0.29) is 6.10 Å². The fraction of sp³-hybridized carbons (Fsp3) is 0.588. The third kappa shape index (κ3) is 3.70. The number of likely N-dealkylation sites (N-methyl/N-ethyl adjacent to an activating group) is 1. The average molecular weight is 332 g/mol. The van der Waals surface area contributed by atoms with E-state index in [0.29, 0.717) is 5.92 Å². The van der Waals surface area contributed by atoms with Crippen LogP contribution in [-0.4, -0.2) is 39.5 Å². The average Bonchev–Trinajstić information content (AvgIpc) is 3.05. The molecule has 2 aromatic heterocycles. The van der Waals surface area contributed by atoms with Gasteiger partial charge in [-0.2, -0.15) is 4.98 Å². The SMILES string of the molecule is Cc1nc(C)c2c(n1)OC(CN(C)Cc1csc(C(C)C)n1)C2. The van der Waals surface area contributed by atoms with Crippen molar-refractivity contribution in [2.24, 2.45) is 0 Å². The maximum atomic E-state index is 6.01. The maximum absolute atomic E-state index is 6.01. The monoisotopic (exact) mass is 332 g/mol. The topological polar surface area (TPSA) is 51.1 Å². The zero-order chi connectivity index (χ0) is 16.6. The molecule has 0 fully saturated rings. The van der Waals surface area contributed by atoms with E-state index in [1.807, 2.05) is 13.8 Å².